The van der Waals surface area contributed by atoms with Gasteiger partial charge in [0, 0.05) is 33.9 Å². The Kier molecular flexibility index (Phi) is 8.18. The van der Waals surface area contributed by atoms with E-state index in [-0.39, 0.29) is 5.60 Å². The van der Waals surface area contributed by atoms with Crippen molar-refractivity contribution in [2.24, 2.45) is 10.4 Å². The first kappa shape index (κ1) is 19.2. The average Bonchev–Trinajstić information content (AvgIpc) is 2.97. The van der Waals surface area contributed by atoms with E-state index in [1.165, 1.54) is 25.7 Å². The summed E-state index contributed by atoms with van der Waals surface area (Å²) in [6, 6.07) is 0. The van der Waals surface area contributed by atoms with Gasteiger partial charge in [0.1, 0.15) is 0 Å². The molecule has 5 heteroatoms. The summed E-state index contributed by atoms with van der Waals surface area (Å²) in [5, 5.41) is 6.87. The molecule has 0 heterocycles. The molecular weight excluding hydrogens is 278 g/mol. The first-order valence-electron chi connectivity index (χ1n) is 8.53. The third-order valence-corrected chi connectivity index (χ3v) is 4.65. The molecule has 0 saturated heterocycles. The Morgan fingerprint density at radius 1 is 1.18 bits per heavy atom. The lowest BCUT2D eigenvalue weighted by atomic mass is 9.83. The number of hydrogen-bond donors (Lipinski definition) is 2. The fourth-order valence-corrected chi connectivity index (χ4v) is 2.91. The molecule has 0 amide bonds. The molecule has 1 aliphatic rings. The number of rotatable bonds is 9. The largest absolute Gasteiger partial charge is 0.385 e. The molecule has 1 saturated carbocycles. The molecule has 0 bridgehead atoms. The molecule has 0 unspecified atom stereocenters. The van der Waals surface area contributed by atoms with Gasteiger partial charge in [-0.25, -0.2) is 0 Å². The highest BCUT2D eigenvalue weighted by Crippen LogP contribution is 2.40. The summed E-state index contributed by atoms with van der Waals surface area (Å²) in [4.78, 5) is 4.67. The molecule has 5 nitrogen and oxygen atoms in total. The van der Waals surface area contributed by atoms with E-state index in [0.717, 1.165) is 32.1 Å². The third kappa shape index (κ3) is 6.53. The Morgan fingerprint density at radius 3 is 2.41 bits per heavy atom. The van der Waals surface area contributed by atoms with Gasteiger partial charge in [-0.15, -0.1) is 0 Å². The smallest absolute Gasteiger partial charge is 0.191 e. The Morgan fingerprint density at radius 2 is 1.86 bits per heavy atom. The van der Waals surface area contributed by atoms with Crippen LogP contribution in [-0.2, 0) is 9.47 Å². The van der Waals surface area contributed by atoms with E-state index in [1.807, 2.05) is 0 Å². The van der Waals surface area contributed by atoms with E-state index in [4.69, 9.17) is 9.47 Å². The molecule has 2 N–H and O–H groups in total. The van der Waals surface area contributed by atoms with Crippen molar-refractivity contribution in [1.29, 1.82) is 0 Å². The second kappa shape index (κ2) is 9.36. The summed E-state index contributed by atoms with van der Waals surface area (Å²) < 4.78 is 10.7. The lowest BCUT2D eigenvalue weighted by Gasteiger charge is -2.30. The van der Waals surface area contributed by atoms with Gasteiger partial charge < -0.3 is 20.1 Å². The van der Waals surface area contributed by atoms with Crippen molar-refractivity contribution in [3.05, 3.63) is 0 Å². The van der Waals surface area contributed by atoms with Crippen LogP contribution in [0.1, 0.15) is 52.9 Å². The van der Waals surface area contributed by atoms with Crippen molar-refractivity contribution < 1.29 is 9.47 Å². The standard InChI is InChI=1S/C17H35N3O2/c1-6-18-15(19-13-16(2,3)22-5)20-14-17(11-12-21-4)9-7-8-10-17/h6-14H2,1-5H3,(H2,18,19,20). The molecule has 22 heavy (non-hydrogen) atoms. The van der Waals surface area contributed by atoms with Crippen LogP contribution < -0.4 is 10.6 Å². The maximum Gasteiger partial charge on any atom is 0.191 e. The van der Waals surface area contributed by atoms with Gasteiger partial charge in [0.15, 0.2) is 5.96 Å². The summed E-state index contributed by atoms with van der Waals surface area (Å²) in [5.41, 5.74) is 0.131. The minimum Gasteiger partial charge on any atom is -0.385 e. The lowest BCUT2D eigenvalue weighted by Crippen LogP contribution is -2.44. The van der Waals surface area contributed by atoms with Crippen molar-refractivity contribution >= 4 is 5.96 Å². The molecule has 0 aromatic heterocycles. The van der Waals surface area contributed by atoms with Crippen LogP contribution in [0, 0.1) is 5.41 Å². The summed E-state index contributed by atoms with van der Waals surface area (Å²) in [5.74, 6) is 0.885. The van der Waals surface area contributed by atoms with Crippen LogP contribution >= 0.6 is 0 Å². The third-order valence-electron chi connectivity index (χ3n) is 4.65. The number of guanidine groups is 1. The van der Waals surface area contributed by atoms with E-state index < -0.39 is 0 Å². The maximum atomic E-state index is 5.44. The Labute approximate surface area is 136 Å². The fourth-order valence-electron chi connectivity index (χ4n) is 2.91. The van der Waals surface area contributed by atoms with E-state index in [0.29, 0.717) is 12.0 Å². The highest BCUT2D eigenvalue weighted by atomic mass is 16.5. The molecule has 0 aromatic rings. The zero-order valence-corrected chi connectivity index (χ0v) is 15.1. The zero-order valence-electron chi connectivity index (χ0n) is 15.1. The van der Waals surface area contributed by atoms with Crippen LogP contribution in [0.15, 0.2) is 4.99 Å². The number of hydrogen-bond acceptors (Lipinski definition) is 3. The van der Waals surface area contributed by atoms with Crippen LogP contribution in [0.25, 0.3) is 0 Å². The highest BCUT2D eigenvalue weighted by molar-refractivity contribution is 5.79. The predicted molar refractivity (Wildman–Crippen MR) is 92.5 cm³/mol. The molecule has 0 atom stereocenters. The lowest BCUT2D eigenvalue weighted by molar-refractivity contribution is 0.0310. The molecule has 1 aliphatic carbocycles. The van der Waals surface area contributed by atoms with Crippen molar-refractivity contribution in [3.63, 3.8) is 0 Å². The van der Waals surface area contributed by atoms with Crippen molar-refractivity contribution in [2.75, 3.05) is 40.5 Å². The number of nitrogens with one attached hydrogen (secondary N) is 2. The molecule has 1 rings (SSSR count). The molecule has 0 radical (unpaired) electrons. The highest BCUT2D eigenvalue weighted by Gasteiger charge is 2.33. The number of ether oxygens (including phenoxy) is 2. The average molecular weight is 313 g/mol. The molecule has 0 aliphatic heterocycles. The summed E-state index contributed by atoms with van der Waals surface area (Å²) >= 11 is 0. The molecule has 0 aromatic carbocycles. The van der Waals surface area contributed by atoms with Crippen LogP contribution in [0.5, 0.6) is 0 Å². The van der Waals surface area contributed by atoms with Crippen LogP contribution in [-0.4, -0.2) is 52.0 Å². The molecule has 1 fully saturated rings. The van der Waals surface area contributed by atoms with Gasteiger partial charge in [-0.05, 0) is 45.4 Å². The summed E-state index contributed by atoms with van der Waals surface area (Å²) in [6.45, 7) is 9.51. The first-order valence-corrected chi connectivity index (χ1v) is 8.53. The van der Waals surface area contributed by atoms with E-state index in [1.54, 1.807) is 14.2 Å². The van der Waals surface area contributed by atoms with Gasteiger partial charge in [0.2, 0.25) is 0 Å². The maximum absolute atomic E-state index is 5.44. The zero-order chi connectivity index (χ0) is 16.5. The summed E-state index contributed by atoms with van der Waals surface area (Å²) in [7, 11) is 3.52. The molecular formula is C17H35N3O2. The second-order valence-corrected chi connectivity index (χ2v) is 6.96. The topological polar surface area (TPSA) is 54.9 Å². The Bertz CT molecular complexity index is 337. The molecule has 0 spiro atoms. The number of methoxy groups -OCH3 is 2. The normalized spacial score (nSPS) is 18.5. The Hall–Kier alpha value is -0.810. The van der Waals surface area contributed by atoms with Gasteiger partial charge in [-0.1, -0.05) is 12.8 Å². The minimum atomic E-state index is -0.233. The van der Waals surface area contributed by atoms with Crippen molar-refractivity contribution in [3.8, 4) is 0 Å². The SMILES string of the molecule is CCNC(=NCC(C)(C)OC)NCC1(CCOC)CCCC1. The summed E-state index contributed by atoms with van der Waals surface area (Å²) in [6.07, 6.45) is 6.35. The van der Waals surface area contributed by atoms with Crippen LogP contribution in [0.3, 0.4) is 0 Å². The van der Waals surface area contributed by atoms with E-state index in [9.17, 15) is 0 Å². The number of aliphatic imine (C=N–C) groups is 1. The fraction of sp³-hybridized carbons (Fsp3) is 0.941. The van der Waals surface area contributed by atoms with E-state index in [2.05, 4.69) is 36.4 Å². The van der Waals surface area contributed by atoms with E-state index >= 15 is 0 Å². The van der Waals surface area contributed by atoms with Crippen LogP contribution in [0.4, 0.5) is 0 Å². The van der Waals surface area contributed by atoms with Gasteiger partial charge in [0.05, 0.1) is 12.1 Å². The molecule has 130 valence electrons. The Balaban J connectivity index is 2.59. The van der Waals surface area contributed by atoms with Gasteiger partial charge in [-0.2, -0.15) is 0 Å². The van der Waals surface area contributed by atoms with Crippen molar-refractivity contribution in [1.82, 2.24) is 10.6 Å². The van der Waals surface area contributed by atoms with Gasteiger partial charge in [-0.3, -0.25) is 4.99 Å². The quantitative estimate of drug-likeness (QED) is 0.507. The van der Waals surface area contributed by atoms with Gasteiger partial charge >= 0.3 is 0 Å². The van der Waals surface area contributed by atoms with Gasteiger partial charge in [0.25, 0.3) is 0 Å². The van der Waals surface area contributed by atoms with Crippen molar-refractivity contribution in [2.45, 2.75) is 58.5 Å². The number of nitrogens with zero attached hydrogens (tertiary/aromatic N) is 1. The minimum absolute atomic E-state index is 0.233. The predicted octanol–water partition coefficient (Wildman–Crippen LogP) is 2.56. The first-order chi connectivity index (χ1) is 10.5. The second-order valence-electron chi connectivity index (χ2n) is 6.96. The van der Waals surface area contributed by atoms with Crippen LogP contribution in [0.2, 0.25) is 0 Å². The monoisotopic (exact) mass is 313 g/mol.